The summed E-state index contributed by atoms with van der Waals surface area (Å²) in [6, 6.07) is 26.2. The number of aryl methyl sites for hydroxylation is 1. The molecule has 4 aromatic rings. The number of hydrogen-bond acceptors (Lipinski definition) is 5. The van der Waals surface area contributed by atoms with Gasteiger partial charge in [-0.25, -0.2) is 9.78 Å². The molecule has 0 unspecified atom stereocenters. The molecule has 166 valence electrons. The van der Waals surface area contributed by atoms with Gasteiger partial charge >= 0.3 is 6.03 Å². The molecule has 1 aromatic heterocycles. The fourth-order valence-electron chi connectivity index (χ4n) is 3.07. The van der Waals surface area contributed by atoms with Crippen LogP contribution in [0.15, 0.2) is 89.8 Å². The van der Waals surface area contributed by atoms with E-state index < -0.39 is 0 Å². The number of nitrogens with one attached hydrogen (secondary N) is 3. The summed E-state index contributed by atoms with van der Waals surface area (Å²) in [5.74, 6) is 0.151. The molecule has 8 heteroatoms. The highest BCUT2D eigenvalue weighted by Gasteiger charge is 2.12. The van der Waals surface area contributed by atoms with Crippen LogP contribution in [0.1, 0.15) is 4.88 Å². The van der Waals surface area contributed by atoms with E-state index in [4.69, 9.17) is 0 Å². The monoisotopic (exact) mass is 474 g/mol. The second kappa shape index (κ2) is 10.8. The predicted octanol–water partition coefficient (Wildman–Crippen LogP) is 6.49. The Morgan fingerprint density at radius 1 is 0.818 bits per heavy atom. The summed E-state index contributed by atoms with van der Waals surface area (Å²) in [6.07, 6.45) is 0. The molecule has 0 saturated carbocycles. The standard InChI is InChI=1S/C25H22N4O2S2/c1-17-23(18-8-4-2-5-9-18)29-25(33-17)28-22(30)16-32-21-14-12-20(13-15-21)27-24(31)26-19-10-6-3-7-11-19/h2-15H,16H2,1H3,(H2,26,27,31)(H,28,29,30). The summed E-state index contributed by atoms with van der Waals surface area (Å²) in [5, 5.41) is 9.05. The summed E-state index contributed by atoms with van der Waals surface area (Å²) < 4.78 is 0. The van der Waals surface area contributed by atoms with Gasteiger partial charge in [-0.2, -0.15) is 0 Å². The van der Waals surface area contributed by atoms with E-state index in [9.17, 15) is 9.59 Å². The second-order valence-electron chi connectivity index (χ2n) is 7.10. The first-order valence-electron chi connectivity index (χ1n) is 10.3. The lowest BCUT2D eigenvalue weighted by atomic mass is 10.1. The lowest BCUT2D eigenvalue weighted by molar-refractivity contribution is -0.113. The second-order valence-corrected chi connectivity index (χ2v) is 9.35. The molecule has 0 aliphatic rings. The number of rotatable bonds is 7. The maximum absolute atomic E-state index is 12.4. The molecule has 3 aromatic carbocycles. The number of carbonyl (C=O) groups excluding carboxylic acids is 2. The number of benzene rings is 3. The molecule has 0 saturated heterocycles. The zero-order chi connectivity index (χ0) is 23.0. The molecular formula is C25H22N4O2S2. The average molecular weight is 475 g/mol. The van der Waals surface area contributed by atoms with Crippen LogP contribution in [0.5, 0.6) is 0 Å². The first-order valence-corrected chi connectivity index (χ1v) is 12.1. The number of anilines is 3. The van der Waals surface area contributed by atoms with Crippen LogP contribution in [0.4, 0.5) is 21.3 Å². The number of amides is 3. The number of hydrogen-bond donors (Lipinski definition) is 3. The average Bonchev–Trinajstić information content (AvgIpc) is 3.19. The fraction of sp³-hybridized carbons (Fsp3) is 0.0800. The maximum atomic E-state index is 12.4. The number of carbonyl (C=O) groups is 2. The van der Waals surface area contributed by atoms with Crippen LogP contribution in [0.2, 0.25) is 0 Å². The molecular weight excluding hydrogens is 452 g/mol. The van der Waals surface area contributed by atoms with Gasteiger partial charge in [-0.15, -0.1) is 23.1 Å². The molecule has 6 nitrogen and oxygen atoms in total. The molecule has 33 heavy (non-hydrogen) atoms. The molecule has 3 N–H and O–H groups in total. The fourth-order valence-corrected chi connectivity index (χ4v) is 4.62. The Labute approximate surface area is 200 Å². The zero-order valence-corrected chi connectivity index (χ0v) is 19.5. The summed E-state index contributed by atoms with van der Waals surface area (Å²) >= 11 is 2.89. The number of nitrogens with zero attached hydrogens (tertiary/aromatic N) is 1. The molecule has 0 atom stereocenters. The highest BCUT2D eigenvalue weighted by atomic mass is 32.2. The van der Waals surface area contributed by atoms with Crippen molar-refractivity contribution in [1.82, 2.24) is 4.98 Å². The quantitative estimate of drug-likeness (QED) is 0.267. The van der Waals surface area contributed by atoms with Crippen molar-refractivity contribution in [1.29, 1.82) is 0 Å². The Bertz CT molecular complexity index is 1230. The van der Waals surface area contributed by atoms with Gasteiger partial charge in [0.15, 0.2) is 5.13 Å². The van der Waals surface area contributed by atoms with Crippen molar-refractivity contribution in [2.75, 3.05) is 21.7 Å². The number of urea groups is 1. The van der Waals surface area contributed by atoms with Crippen LogP contribution in [0, 0.1) is 6.92 Å². The summed E-state index contributed by atoms with van der Waals surface area (Å²) in [4.78, 5) is 31.0. The molecule has 0 fully saturated rings. The van der Waals surface area contributed by atoms with Crippen molar-refractivity contribution in [3.8, 4) is 11.3 Å². The van der Waals surface area contributed by atoms with Gasteiger partial charge in [0, 0.05) is 26.7 Å². The van der Waals surface area contributed by atoms with Gasteiger partial charge in [-0.1, -0.05) is 48.5 Å². The van der Waals surface area contributed by atoms with Crippen LogP contribution in [0.25, 0.3) is 11.3 Å². The van der Waals surface area contributed by atoms with Crippen LogP contribution in [0.3, 0.4) is 0 Å². The summed E-state index contributed by atoms with van der Waals surface area (Å²) in [7, 11) is 0. The minimum Gasteiger partial charge on any atom is -0.308 e. The summed E-state index contributed by atoms with van der Waals surface area (Å²) in [6.45, 7) is 2.00. The van der Waals surface area contributed by atoms with Crippen LogP contribution < -0.4 is 16.0 Å². The van der Waals surface area contributed by atoms with Gasteiger partial charge in [0.1, 0.15) is 0 Å². The Morgan fingerprint density at radius 2 is 1.42 bits per heavy atom. The third-order valence-electron chi connectivity index (χ3n) is 4.60. The van der Waals surface area contributed by atoms with Crippen LogP contribution in [-0.2, 0) is 4.79 Å². The summed E-state index contributed by atoms with van der Waals surface area (Å²) in [5.41, 5.74) is 3.32. The van der Waals surface area contributed by atoms with E-state index in [2.05, 4.69) is 20.9 Å². The third-order valence-corrected chi connectivity index (χ3v) is 6.50. The Morgan fingerprint density at radius 3 is 2.09 bits per heavy atom. The van der Waals surface area contributed by atoms with E-state index in [1.54, 1.807) is 12.1 Å². The number of para-hydroxylation sites is 1. The highest BCUT2D eigenvalue weighted by Crippen LogP contribution is 2.30. The van der Waals surface area contributed by atoms with Crippen molar-refractivity contribution in [3.63, 3.8) is 0 Å². The molecule has 4 rings (SSSR count). The van der Waals surface area contributed by atoms with E-state index >= 15 is 0 Å². The van der Waals surface area contributed by atoms with Crippen molar-refractivity contribution in [2.24, 2.45) is 0 Å². The molecule has 0 radical (unpaired) electrons. The zero-order valence-electron chi connectivity index (χ0n) is 17.9. The van der Waals surface area contributed by atoms with Gasteiger partial charge in [-0.3, -0.25) is 4.79 Å². The lowest BCUT2D eigenvalue weighted by Crippen LogP contribution is -2.19. The first-order chi connectivity index (χ1) is 16.1. The smallest absolute Gasteiger partial charge is 0.308 e. The molecule has 0 aliphatic heterocycles. The lowest BCUT2D eigenvalue weighted by Gasteiger charge is -2.08. The van der Waals surface area contributed by atoms with Gasteiger partial charge in [0.2, 0.25) is 5.91 Å². The molecule has 0 bridgehead atoms. The van der Waals surface area contributed by atoms with Gasteiger partial charge < -0.3 is 16.0 Å². The normalized spacial score (nSPS) is 10.5. The molecule has 0 spiro atoms. The van der Waals surface area contributed by atoms with Crippen molar-refractivity contribution >= 4 is 51.5 Å². The van der Waals surface area contributed by atoms with Gasteiger partial charge in [0.25, 0.3) is 0 Å². The van der Waals surface area contributed by atoms with E-state index in [0.29, 0.717) is 10.8 Å². The van der Waals surface area contributed by atoms with E-state index in [-0.39, 0.29) is 17.7 Å². The van der Waals surface area contributed by atoms with Crippen molar-refractivity contribution in [2.45, 2.75) is 11.8 Å². The minimum atomic E-state index is -0.311. The largest absolute Gasteiger partial charge is 0.323 e. The van der Waals surface area contributed by atoms with Crippen LogP contribution >= 0.6 is 23.1 Å². The van der Waals surface area contributed by atoms with Gasteiger partial charge in [-0.05, 0) is 43.3 Å². The Hall–Kier alpha value is -3.62. The third kappa shape index (κ3) is 6.44. The Kier molecular flexibility index (Phi) is 7.39. The predicted molar refractivity (Wildman–Crippen MR) is 137 cm³/mol. The molecule has 0 aliphatic carbocycles. The van der Waals surface area contributed by atoms with Crippen LogP contribution in [-0.4, -0.2) is 22.7 Å². The number of thiazole rings is 1. The maximum Gasteiger partial charge on any atom is 0.323 e. The SMILES string of the molecule is Cc1sc(NC(=O)CSc2ccc(NC(=O)Nc3ccccc3)cc2)nc1-c1ccccc1. The van der Waals surface area contributed by atoms with Crippen molar-refractivity contribution < 1.29 is 9.59 Å². The topological polar surface area (TPSA) is 83.1 Å². The number of aromatic nitrogens is 1. The van der Waals surface area contributed by atoms with E-state index in [0.717, 1.165) is 26.7 Å². The molecule has 1 heterocycles. The molecule has 3 amide bonds. The van der Waals surface area contributed by atoms with Crippen molar-refractivity contribution in [3.05, 3.63) is 89.8 Å². The number of thioether (sulfide) groups is 1. The van der Waals surface area contributed by atoms with E-state index in [1.165, 1.54) is 23.1 Å². The Balaban J connectivity index is 1.26. The first kappa shape index (κ1) is 22.6. The van der Waals surface area contributed by atoms with Gasteiger partial charge in [0.05, 0.1) is 11.4 Å². The highest BCUT2D eigenvalue weighted by molar-refractivity contribution is 8.00. The van der Waals surface area contributed by atoms with E-state index in [1.807, 2.05) is 79.7 Å². The minimum absolute atomic E-state index is 0.113.